The van der Waals surface area contributed by atoms with Crippen molar-refractivity contribution in [3.8, 4) is 0 Å². The highest BCUT2D eigenvalue weighted by Crippen LogP contribution is 2.25. The number of carbonyl (C=O) groups excluding carboxylic acids is 2. The van der Waals surface area contributed by atoms with E-state index in [1.807, 2.05) is 27.7 Å². The quantitative estimate of drug-likeness (QED) is 0.477. The van der Waals surface area contributed by atoms with Crippen molar-refractivity contribution < 1.29 is 14.0 Å². The van der Waals surface area contributed by atoms with Crippen molar-refractivity contribution in [3.05, 3.63) is 53.0 Å². The summed E-state index contributed by atoms with van der Waals surface area (Å²) >= 11 is 0. The molecule has 0 saturated heterocycles. The highest BCUT2D eigenvalue weighted by molar-refractivity contribution is 5.96. The highest BCUT2D eigenvalue weighted by atomic mass is 19.1. The lowest BCUT2D eigenvalue weighted by atomic mass is 9.87. The molecule has 3 amide bonds. The van der Waals surface area contributed by atoms with Gasteiger partial charge in [-0.15, -0.1) is 0 Å². The number of benzene rings is 1. The Kier molecular flexibility index (Phi) is 10.8. The molecule has 28 heavy (non-hydrogen) atoms. The largest absolute Gasteiger partial charge is 0.355 e. The number of nitrogens with one attached hydrogen (secondary N) is 3. The van der Waals surface area contributed by atoms with Crippen LogP contribution in [0.1, 0.15) is 54.9 Å². The topological polar surface area (TPSA) is 70.2 Å². The van der Waals surface area contributed by atoms with Crippen LogP contribution in [0, 0.1) is 11.2 Å². The molecule has 0 aliphatic carbocycles. The third kappa shape index (κ3) is 9.35. The number of hydrogen-bond acceptors (Lipinski definition) is 2. The Morgan fingerprint density at radius 3 is 2.00 bits per heavy atom. The first-order valence-electron chi connectivity index (χ1n) is 9.41. The zero-order valence-corrected chi connectivity index (χ0v) is 18.3. The van der Waals surface area contributed by atoms with Gasteiger partial charge in [0.2, 0.25) is 5.91 Å². The van der Waals surface area contributed by atoms with E-state index in [1.54, 1.807) is 13.0 Å². The average Bonchev–Trinajstić information content (AvgIpc) is 2.61. The predicted molar refractivity (Wildman–Crippen MR) is 114 cm³/mol. The van der Waals surface area contributed by atoms with Crippen LogP contribution in [-0.4, -0.2) is 19.0 Å². The molecule has 0 fully saturated rings. The zero-order chi connectivity index (χ0) is 21.9. The maximum Gasteiger partial charge on any atom is 0.323 e. The van der Waals surface area contributed by atoms with E-state index in [0.717, 1.165) is 5.57 Å². The fraction of sp³-hybridized carbons (Fsp3) is 0.455. The first kappa shape index (κ1) is 25.4. The predicted octanol–water partition coefficient (Wildman–Crippen LogP) is 5.38. The van der Waals surface area contributed by atoms with Gasteiger partial charge in [0.15, 0.2) is 0 Å². The van der Waals surface area contributed by atoms with Gasteiger partial charge in [0.1, 0.15) is 5.82 Å². The van der Waals surface area contributed by atoms with E-state index in [1.165, 1.54) is 37.7 Å². The van der Waals surface area contributed by atoms with Gasteiger partial charge in [0, 0.05) is 18.3 Å². The van der Waals surface area contributed by atoms with Crippen LogP contribution in [0.2, 0.25) is 0 Å². The van der Waals surface area contributed by atoms with E-state index in [-0.39, 0.29) is 17.1 Å². The third-order valence-corrected chi connectivity index (χ3v) is 3.87. The first-order chi connectivity index (χ1) is 13.0. The summed E-state index contributed by atoms with van der Waals surface area (Å²) in [4.78, 5) is 24.2. The van der Waals surface area contributed by atoms with Crippen LogP contribution < -0.4 is 16.0 Å². The second-order valence-corrected chi connectivity index (χ2v) is 7.49. The number of allylic oxidation sites excluding steroid dienone is 2. The maximum atomic E-state index is 12.9. The molecule has 0 aromatic heterocycles. The van der Waals surface area contributed by atoms with Crippen LogP contribution >= 0.6 is 0 Å². The van der Waals surface area contributed by atoms with E-state index in [9.17, 15) is 14.0 Å². The van der Waals surface area contributed by atoms with Gasteiger partial charge < -0.3 is 16.0 Å². The molecule has 0 radical (unpaired) electrons. The number of amides is 3. The molecule has 0 bridgehead atoms. The molecule has 0 aliphatic heterocycles. The van der Waals surface area contributed by atoms with E-state index < -0.39 is 6.03 Å². The molecule has 0 spiro atoms. The van der Waals surface area contributed by atoms with Crippen molar-refractivity contribution >= 4 is 17.6 Å². The van der Waals surface area contributed by atoms with Gasteiger partial charge in [0.05, 0.1) is 5.70 Å². The molecule has 3 N–H and O–H groups in total. The van der Waals surface area contributed by atoms with Gasteiger partial charge in [-0.05, 0) is 49.6 Å². The lowest BCUT2D eigenvalue weighted by molar-refractivity contribution is -0.117. The summed E-state index contributed by atoms with van der Waals surface area (Å²) in [5.74, 6) is -0.666. The molecule has 0 heterocycles. The Morgan fingerprint density at radius 1 is 1.07 bits per heavy atom. The summed E-state index contributed by atoms with van der Waals surface area (Å²) < 4.78 is 12.9. The van der Waals surface area contributed by atoms with Gasteiger partial charge in [0.25, 0.3) is 0 Å². The van der Waals surface area contributed by atoms with Crippen LogP contribution in [0.5, 0.6) is 0 Å². The van der Waals surface area contributed by atoms with Crippen molar-refractivity contribution in [2.24, 2.45) is 5.41 Å². The monoisotopic (exact) mass is 391 g/mol. The van der Waals surface area contributed by atoms with Crippen LogP contribution in [0.3, 0.4) is 0 Å². The standard InChI is InChI=1S/C19H26FN3O2.C3H8/c1-12(19(3,4)5)11-16(13(2)17(24)21-6)23-18(25)22-15-9-7-14(20)8-10-15;1-3-2/h7-11H,1-6H3,(H,21,24)(H2,22,23,25);3H2,1-2H3/b12-11+,16-13-;. The van der Waals surface area contributed by atoms with Gasteiger partial charge in [-0.2, -0.15) is 0 Å². The van der Waals surface area contributed by atoms with Crippen LogP contribution in [-0.2, 0) is 4.79 Å². The Labute approximate surface area is 168 Å². The van der Waals surface area contributed by atoms with Gasteiger partial charge in [-0.1, -0.05) is 46.6 Å². The normalized spacial score (nSPS) is 12.2. The number of rotatable bonds is 4. The molecule has 0 aliphatic rings. The summed E-state index contributed by atoms with van der Waals surface area (Å²) in [6.07, 6.45) is 3.04. The van der Waals surface area contributed by atoms with Gasteiger partial charge >= 0.3 is 6.03 Å². The molecule has 6 heteroatoms. The summed E-state index contributed by atoms with van der Waals surface area (Å²) in [5, 5.41) is 7.86. The molecule has 0 saturated carbocycles. The molecule has 0 unspecified atom stereocenters. The van der Waals surface area contributed by atoms with E-state index in [4.69, 9.17) is 0 Å². The smallest absolute Gasteiger partial charge is 0.323 e. The Bertz CT molecular complexity index is 714. The molecule has 156 valence electrons. The Morgan fingerprint density at radius 2 is 1.57 bits per heavy atom. The molecule has 1 rings (SSSR count). The zero-order valence-electron chi connectivity index (χ0n) is 18.3. The van der Waals surface area contributed by atoms with Crippen molar-refractivity contribution in [1.29, 1.82) is 0 Å². The van der Waals surface area contributed by atoms with Crippen molar-refractivity contribution in [3.63, 3.8) is 0 Å². The van der Waals surface area contributed by atoms with Gasteiger partial charge in [-0.25, -0.2) is 9.18 Å². The molecule has 5 nitrogen and oxygen atoms in total. The molecule has 1 aromatic rings. The maximum absolute atomic E-state index is 12.9. The minimum Gasteiger partial charge on any atom is -0.355 e. The molecular weight excluding hydrogens is 357 g/mol. The fourth-order valence-corrected chi connectivity index (χ4v) is 1.80. The van der Waals surface area contributed by atoms with Crippen LogP contribution in [0.4, 0.5) is 14.9 Å². The SMILES string of the molecule is CCC.CNC(=O)/C(C)=C(/C=C(\C)C(C)(C)C)NC(=O)Nc1ccc(F)cc1. The van der Waals surface area contributed by atoms with E-state index in [2.05, 4.69) is 29.8 Å². The fourth-order valence-electron chi connectivity index (χ4n) is 1.80. The second-order valence-electron chi connectivity index (χ2n) is 7.49. The average molecular weight is 392 g/mol. The number of hydrogen-bond donors (Lipinski definition) is 3. The lowest BCUT2D eigenvalue weighted by Gasteiger charge is -2.21. The minimum absolute atomic E-state index is 0.108. The summed E-state index contributed by atoms with van der Waals surface area (Å²) in [5.41, 5.74) is 2.15. The van der Waals surface area contributed by atoms with Crippen molar-refractivity contribution in [1.82, 2.24) is 10.6 Å². The summed E-state index contributed by atoms with van der Waals surface area (Å²) in [6.45, 7) is 14.0. The van der Waals surface area contributed by atoms with E-state index >= 15 is 0 Å². The number of carbonyl (C=O) groups is 2. The first-order valence-corrected chi connectivity index (χ1v) is 9.41. The van der Waals surface area contributed by atoms with Crippen molar-refractivity contribution in [2.45, 2.75) is 54.9 Å². The van der Waals surface area contributed by atoms with Gasteiger partial charge in [-0.3, -0.25) is 4.79 Å². The number of halogens is 1. The summed E-state index contributed by atoms with van der Waals surface area (Å²) in [7, 11) is 1.53. The highest BCUT2D eigenvalue weighted by Gasteiger charge is 2.16. The third-order valence-electron chi connectivity index (χ3n) is 3.87. The minimum atomic E-state index is -0.511. The number of anilines is 1. The molecule has 1 aromatic carbocycles. The Balaban J connectivity index is 0.00000227. The summed E-state index contributed by atoms with van der Waals surface area (Å²) in [6, 6.07) is 4.92. The van der Waals surface area contributed by atoms with Crippen LogP contribution in [0.15, 0.2) is 47.2 Å². The Hall–Kier alpha value is -2.63. The van der Waals surface area contributed by atoms with Crippen LogP contribution in [0.25, 0.3) is 0 Å². The number of urea groups is 1. The van der Waals surface area contributed by atoms with Crippen molar-refractivity contribution in [2.75, 3.05) is 12.4 Å². The number of likely N-dealkylation sites (N-methyl/N-ethyl adjacent to an activating group) is 1. The molecule has 0 atom stereocenters. The second kappa shape index (κ2) is 12.0. The molecular formula is C22H34FN3O2. The van der Waals surface area contributed by atoms with E-state index in [0.29, 0.717) is 17.0 Å². The lowest BCUT2D eigenvalue weighted by Crippen LogP contribution is -2.31.